The third-order valence-corrected chi connectivity index (χ3v) is 4.68. The molecule has 0 aromatic heterocycles. The average molecular weight is 325 g/mol. The van der Waals surface area contributed by atoms with Crippen molar-refractivity contribution in [1.29, 1.82) is 0 Å². The molecule has 0 radical (unpaired) electrons. The van der Waals surface area contributed by atoms with Crippen LogP contribution in [0.2, 0.25) is 0 Å². The lowest BCUT2D eigenvalue weighted by atomic mass is 9.61. The molecular weight excluding hydrogens is 288 g/mol. The van der Waals surface area contributed by atoms with Gasteiger partial charge in [0, 0.05) is 5.41 Å². The second-order valence-electron chi connectivity index (χ2n) is 8.54. The van der Waals surface area contributed by atoms with Crippen molar-refractivity contribution in [3.63, 3.8) is 0 Å². The molecule has 0 heterocycles. The Bertz CT molecular complexity index is 706. The summed E-state index contributed by atoms with van der Waals surface area (Å²) in [5, 5.41) is 0. The minimum Gasteiger partial charge on any atom is -0.0955 e. The number of rotatable bonds is 2. The molecule has 0 aliphatic heterocycles. The maximum Gasteiger partial charge on any atom is 0.0158 e. The lowest BCUT2D eigenvalue weighted by Crippen LogP contribution is -2.28. The Kier molecular flexibility index (Phi) is 6.09. The van der Waals surface area contributed by atoms with Crippen molar-refractivity contribution in [2.45, 2.75) is 76.2 Å². The molecule has 132 valence electrons. The molecule has 24 heavy (non-hydrogen) atoms. The summed E-state index contributed by atoms with van der Waals surface area (Å²) in [4.78, 5) is 0. The van der Waals surface area contributed by atoms with E-state index in [0.29, 0.717) is 0 Å². The topological polar surface area (TPSA) is 0 Å². The van der Waals surface area contributed by atoms with E-state index in [9.17, 15) is 0 Å². The van der Waals surface area contributed by atoms with E-state index in [4.69, 9.17) is 0 Å². The molecule has 0 aromatic carbocycles. The van der Waals surface area contributed by atoms with Crippen LogP contribution in [0.5, 0.6) is 0 Å². The second-order valence-corrected chi connectivity index (χ2v) is 8.54. The van der Waals surface area contributed by atoms with Gasteiger partial charge in [0.25, 0.3) is 0 Å². The Hall–Kier alpha value is -1.56. The molecule has 1 aliphatic rings. The van der Waals surface area contributed by atoms with Gasteiger partial charge in [-0.1, -0.05) is 54.4 Å². The summed E-state index contributed by atoms with van der Waals surface area (Å²) in [5.41, 5.74) is 13.6. The van der Waals surface area contributed by atoms with Crippen molar-refractivity contribution in [2.24, 2.45) is 5.41 Å². The SMILES string of the molecule is C=C(C)C1=C(C=C(C)C)C(C)(C)C(=C(C)C)C(=C(C)C)C1=C(C)C. The van der Waals surface area contributed by atoms with Gasteiger partial charge in [0.2, 0.25) is 0 Å². The highest BCUT2D eigenvalue weighted by Gasteiger charge is 2.39. The maximum absolute atomic E-state index is 4.34. The van der Waals surface area contributed by atoms with Gasteiger partial charge in [-0.05, 0) is 90.2 Å². The van der Waals surface area contributed by atoms with E-state index >= 15 is 0 Å². The van der Waals surface area contributed by atoms with E-state index in [0.717, 1.165) is 5.57 Å². The summed E-state index contributed by atoms with van der Waals surface area (Å²) in [6, 6.07) is 0. The maximum atomic E-state index is 4.34. The van der Waals surface area contributed by atoms with Crippen LogP contribution in [0, 0.1) is 5.41 Å². The fraction of sp³-hybridized carbons (Fsp3) is 0.500. The molecule has 1 rings (SSSR count). The van der Waals surface area contributed by atoms with Crippen molar-refractivity contribution in [1.82, 2.24) is 0 Å². The van der Waals surface area contributed by atoms with Gasteiger partial charge in [-0.2, -0.15) is 0 Å². The average Bonchev–Trinajstić information content (AvgIpc) is 2.37. The van der Waals surface area contributed by atoms with E-state index in [1.165, 1.54) is 50.2 Å². The summed E-state index contributed by atoms with van der Waals surface area (Å²) in [6.45, 7) is 29.0. The van der Waals surface area contributed by atoms with Crippen LogP contribution in [0.25, 0.3) is 0 Å². The van der Waals surface area contributed by atoms with Crippen LogP contribution in [0.3, 0.4) is 0 Å². The fourth-order valence-corrected chi connectivity index (χ4v) is 4.00. The van der Waals surface area contributed by atoms with Crippen molar-refractivity contribution in [2.75, 3.05) is 0 Å². The van der Waals surface area contributed by atoms with Gasteiger partial charge in [-0.15, -0.1) is 0 Å². The second kappa shape index (κ2) is 7.13. The van der Waals surface area contributed by atoms with Gasteiger partial charge in [0.15, 0.2) is 0 Å². The lowest BCUT2D eigenvalue weighted by molar-refractivity contribution is 0.538. The molecule has 0 bridgehead atoms. The zero-order valence-corrected chi connectivity index (χ0v) is 17.8. The summed E-state index contributed by atoms with van der Waals surface area (Å²) < 4.78 is 0. The molecule has 0 N–H and O–H groups in total. The third kappa shape index (κ3) is 3.58. The van der Waals surface area contributed by atoms with Crippen LogP contribution < -0.4 is 0 Å². The summed E-state index contributed by atoms with van der Waals surface area (Å²) in [7, 11) is 0. The third-order valence-electron chi connectivity index (χ3n) is 4.68. The molecule has 0 saturated heterocycles. The van der Waals surface area contributed by atoms with Gasteiger partial charge in [-0.3, -0.25) is 0 Å². The molecule has 0 amide bonds. The van der Waals surface area contributed by atoms with Gasteiger partial charge in [0.05, 0.1) is 0 Å². The van der Waals surface area contributed by atoms with Crippen molar-refractivity contribution < 1.29 is 0 Å². The quantitative estimate of drug-likeness (QED) is 0.484. The highest BCUT2D eigenvalue weighted by molar-refractivity contribution is 5.74. The van der Waals surface area contributed by atoms with E-state index in [1.807, 2.05) is 0 Å². The Labute approximate surface area is 150 Å². The highest BCUT2D eigenvalue weighted by atomic mass is 14.4. The van der Waals surface area contributed by atoms with E-state index in [-0.39, 0.29) is 5.41 Å². The first-order valence-corrected chi connectivity index (χ1v) is 8.93. The van der Waals surface area contributed by atoms with Gasteiger partial charge in [0.1, 0.15) is 0 Å². The van der Waals surface area contributed by atoms with Crippen LogP contribution in [0.1, 0.15) is 76.2 Å². The molecule has 0 unspecified atom stereocenters. The molecule has 0 saturated carbocycles. The molecule has 0 spiro atoms. The summed E-state index contributed by atoms with van der Waals surface area (Å²) in [6.07, 6.45) is 2.36. The zero-order valence-electron chi connectivity index (χ0n) is 17.8. The van der Waals surface area contributed by atoms with Crippen molar-refractivity contribution in [3.05, 3.63) is 68.4 Å². The Morgan fingerprint density at radius 3 is 1.50 bits per heavy atom. The predicted molar refractivity (Wildman–Crippen MR) is 110 cm³/mol. The Morgan fingerprint density at radius 2 is 1.21 bits per heavy atom. The smallest absolute Gasteiger partial charge is 0.0158 e. The lowest BCUT2D eigenvalue weighted by Gasteiger charge is -2.42. The Morgan fingerprint density at radius 1 is 0.750 bits per heavy atom. The van der Waals surface area contributed by atoms with E-state index < -0.39 is 0 Å². The number of hydrogen-bond donors (Lipinski definition) is 0. The van der Waals surface area contributed by atoms with E-state index in [2.05, 4.69) is 88.8 Å². The van der Waals surface area contributed by atoms with Crippen LogP contribution in [0.4, 0.5) is 0 Å². The normalized spacial score (nSPS) is 17.0. The number of hydrogen-bond acceptors (Lipinski definition) is 0. The summed E-state index contributed by atoms with van der Waals surface area (Å²) in [5.74, 6) is 0. The van der Waals surface area contributed by atoms with Crippen LogP contribution >= 0.6 is 0 Å². The fourth-order valence-electron chi connectivity index (χ4n) is 4.00. The first-order chi connectivity index (χ1) is 10.8. The van der Waals surface area contributed by atoms with Crippen LogP contribution in [-0.4, -0.2) is 0 Å². The van der Waals surface area contributed by atoms with Crippen molar-refractivity contribution >= 4 is 0 Å². The van der Waals surface area contributed by atoms with Crippen LogP contribution in [-0.2, 0) is 0 Å². The zero-order chi connectivity index (χ0) is 19.0. The Balaban J connectivity index is 4.27. The molecule has 0 heteroatoms. The minimum absolute atomic E-state index is 0.0318. The monoisotopic (exact) mass is 324 g/mol. The standard InChI is InChI=1S/C24H36/c1-14(2)13-19-20(15(3)4)21(16(5)6)22(17(7)8)23(18(9)10)24(19,11)12/h13H,3H2,1-2,4-12H3. The molecular formula is C24H36. The van der Waals surface area contributed by atoms with Gasteiger partial charge >= 0.3 is 0 Å². The molecule has 1 aliphatic carbocycles. The molecule has 0 fully saturated rings. The minimum atomic E-state index is -0.0318. The van der Waals surface area contributed by atoms with Gasteiger partial charge < -0.3 is 0 Å². The molecule has 0 nitrogen and oxygen atoms in total. The summed E-state index contributed by atoms with van der Waals surface area (Å²) >= 11 is 0. The molecule has 0 atom stereocenters. The first-order valence-electron chi connectivity index (χ1n) is 8.93. The highest BCUT2D eigenvalue weighted by Crippen LogP contribution is 2.54. The predicted octanol–water partition coefficient (Wildman–Crippen LogP) is 7.87. The van der Waals surface area contributed by atoms with E-state index in [1.54, 1.807) is 0 Å². The first kappa shape index (κ1) is 20.5. The number of allylic oxidation sites excluding steroid dienone is 11. The largest absolute Gasteiger partial charge is 0.0955 e. The van der Waals surface area contributed by atoms with Gasteiger partial charge in [-0.25, -0.2) is 0 Å². The molecule has 0 aromatic rings. The van der Waals surface area contributed by atoms with Crippen molar-refractivity contribution in [3.8, 4) is 0 Å². The van der Waals surface area contributed by atoms with Crippen LogP contribution in [0.15, 0.2) is 68.4 Å².